The molecule has 0 spiro atoms. The summed E-state index contributed by atoms with van der Waals surface area (Å²) in [5, 5.41) is 15.0. The Morgan fingerprint density at radius 2 is 1.51 bits per heavy atom. The maximum atomic E-state index is 13.3. The molecule has 0 saturated carbocycles. The number of rotatable bonds is 12. The number of halogens is 1. The monoisotopic (exact) mass is 630 g/mol. The quantitative estimate of drug-likeness (QED) is 0.154. The van der Waals surface area contributed by atoms with Crippen LogP contribution in [0.25, 0.3) is 6.08 Å². The van der Waals surface area contributed by atoms with Crippen molar-refractivity contribution in [3.05, 3.63) is 136 Å². The summed E-state index contributed by atoms with van der Waals surface area (Å²) in [7, 11) is 0. The van der Waals surface area contributed by atoms with Gasteiger partial charge in [0.05, 0.1) is 0 Å². The fourth-order valence-corrected chi connectivity index (χ4v) is 5.12. The van der Waals surface area contributed by atoms with Gasteiger partial charge in [0.25, 0.3) is 11.8 Å². The summed E-state index contributed by atoms with van der Waals surface area (Å²) in [6, 6.07) is 31.4. The maximum Gasteiger partial charge on any atom is 0.327 e. The number of para-hydroxylation sites is 1. The van der Waals surface area contributed by atoms with E-state index in [4.69, 9.17) is 4.74 Å². The first-order chi connectivity index (χ1) is 19.9. The minimum Gasteiger partial charge on any atom is -0.480 e. The molecule has 4 aromatic carbocycles. The van der Waals surface area contributed by atoms with E-state index in [0.29, 0.717) is 28.4 Å². The van der Waals surface area contributed by atoms with E-state index in [1.54, 1.807) is 42.5 Å². The third-order valence-corrected chi connectivity index (χ3v) is 7.35. The van der Waals surface area contributed by atoms with Crippen molar-refractivity contribution in [2.24, 2.45) is 0 Å². The molecule has 41 heavy (non-hydrogen) atoms. The molecule has 0 aromatic heterocycles. The Morgan fingerprint density at radius 1 is 0.854 bits per heavy atom. The number of carbonyl (C=O) groups is 3. The van der Waals surface area contributed by atoms with E-state index in [9.17, 15) is 19.5 Å². The van der Waals surface area contributed by atoms with E-state index in [1.807, 2.05) is 66.7 Å². The normalized spacial score (nSPS) is 11.8. The second-order valence-corrected chi connectivity index (χ2v) is 10.8. The predicted molar refractivity (Wildman–Crippen MR) is 165 cm³/mol. The summed E-state index contributed by atoms with van der Waals surface area (Å²) in [5.41, 5.74) is 1.90. The highest BCUT2D eigenvalue weighted by atomic mass is 79.9. The highest BCUT2D eigenvalue weighted by Crippen LogP contribution is 2.21. The highest BCUT2D eigenvalue weighted by Gasteiger charge is 2.23. The van der Waals surface area contributed by atoms with Gasteiger partial charge in [0.2, 0.25) is 0 Å². The molecule has 208 valence electrons. The highest BCUT2D eigenvalue weighted by molar-refractivity contribution is 9.10. The molecule has 0 bridgehead atoms. The average Bonchev–Trinajstić information content (AvgIpc) is 2.97. The molecule has 2 amide bonds. The van der Waals surface area contributed by atoms with Gasteiger partial charge in [-0.1, -0.05) is 76.6 Å². The van der Waals surface area contributed by atoms with Gasteiger partial charge in [0, 0.05) is 21.5 Å². The minimum absolute atomic E-state index is 0.0861. The number of carboxylic acids is 1. The molecule has 0 radical (unpaired) electrons. The molecular formula is C32H27BrN2O5S. The van der Waals surface area contributed by atoms with Crippen LogP contribution in [0.3, 0.4) is 0 Å². The second kappa shape index (κ2) is 14.9. The van der Waals surface area contributed by atoms with Gasteiger partial charge < -0.3 is 20.5 Å². The molecule has 0 heterocycles. The maximum absolute atomic E-state index is 13.3. The fraction of sp³-hybridized carbons (Fsp3) is 0.0938. The topological polar surface area (TPSA) is 105 Å². The summed E-state index contributed by atoms with van der Waals surface area (Å²) in [6.45, 7) is 0. The van der Waals surface area contributed by atoms with Crippen LogP contribution in [0.2, 0.25) is 0 Å². The molecule has 4 aromatic rings. The number of thioether (sulfide) groups is 1. The largest absolute Gasteiger partial charge is 0.480 e. The van der Waals surface area contributed by atoms with Crippen LogP contribution in [-0.4, -0.2) is 34.7 Å². The van der Waals surface area contributed by atoms with Crippen molar-refractivity contribution in [3.8, 4) is 11.5 Å². The van der Waals surface area contributed by atoms with Gasteiger partial charge in [-0.2, -0.15) is 11.8 Å². The van der Waals surface area contributed by atoms with Crippen molar-refractivity contribution >= 4 is 51.6 Å². The van der Waals surface area contributed by atoms with Crippen molar-refractivity contribution < 1.29 is 24.2 Å². The van der Waals surface area contributed by atoms with Crippen molar-refractivity contribution in [3.63, 3.8) is 0 Å². The number of nitrogens with one attached hydrogen (secondary N) is 2. The zero-order valence-electron chi connectivity index (χ0n) is 21.8. The lowest BCUT2D eigenvalue weighted by molar-refractivity contribution is -0.140. The van der Waals surface area contributed by atoms with E-state index in [0.717, 1.165) is 10.0 Å². The van der Waals surface area contributed by atoms with Crippen LogP contribution in [0.1, 0.15) is 21.5 Å². The number of carbonyl (C=O) groups excluding carboxylic acids is 2. The molecule has 1 unspecified atom stereocenters. The van der Waals surface area contributed by atoms with E-state index in [2.05, 4.69) is 26.6 Å². The van der Waals surface area contributed by atoms with E-state index in [1.165, 1.54) is 17.8 Å². The molecule has 1 atom stereocenters. The van der Waals surface area contributed by atoms with E-state index < -0.39 is 23.8 Å². The van der Waals surface area contributed by atoms with Gasteiger partial charge in [0.15, 0.2) is 0 Å². The van der Waals surface area contributed by atoms with Crippen molar-refractivity contribution in [2.45, 2.75) is 11.8 Å². The van der Waals surface area contributed by atoms with Crippen LogP contribution in [0, 0.1) is 0 Å². The Morgan fingerprint density at radius 3 is 2.17 bits per heavy atom. The van der Waals surface area contributed by atoms with Crippen molar-refractivity contribution in [1.29, 1.82) is 0 Å². The summed E-state index contributed by atoms with van der Waals surface area (Å²) in [4.78, 5) is 38.4. The smallest absolute Gasteiger partial charge is 0.327 e. The minimum atomic E-state index is -1.17. The van der Waals surface area contributed by atoms with Crippen LogP contribution >= 0.6 is 27.7 Å². The molecule has 0 saturated heterocycles. The lowest BCUT2D eigenvalue weighted by Crippen LogP contribution is -2.45. The molecule has 0 aliphatic carbocycles. The van der Waals surface area contributed by atoms with Gasteiger partial charge in [-0.05, 0) is 65.7 Å². The van der Waals surface area contributed by atoms with Crippen LogP contribution < -0.4 is 15.4 Å². The summed E-state index contributed by atoms with van der Waals surface area (Å²) in [5.74, 6) is -0.448. The molecule has 0 aliphatic heterocycles. The Bertz CT molecular complexity index is 1510. The van der Waals surface area contributed by atoms with Gasteiger partial charge >= 0.3 is 5.97 Å². The van der Waals surface area contributed by atoms with Crippen molar-refractivity contribution in [1.82, 2.24) is 10.6 Å². The van der Waals surface area contributed by atoms with E-state index >= 15 is 0 Å². The molecular weight excluding hydrogens is 604 g/mol. The molecule has 7 nitrogen and oxygen atoms in total. The summed E-state index contributed by atoms with van der Waals surface area (Å²) >= 11 is 4.80. The fourth-order valence-electron chi connectivity index (χ4n) is 3.69. The van der Waals surface area contributed by atoms with Crippen LogP contribution in [0.4, 0.5) is 0 Å². The van der Waals surface area contributed by atoms with Gasteiger partial charge in [0.1, 0.15) is 23.2 Å². The lowest BCUT2D eigenvalue weighted by Gasteiger charge is -2.17. The first-order valence-electron chi connectivity index (χ1n) is 12.6. The Balaban J connectivity index is 1.47. The number of carboxylic acid groups (broad SMARTS) is 1. The molecule has 0 aliphatic rings. The molecule has 3 N–H and O–H groups in total. The first-order valence-corrected chi connectivity index (χ1v) is 14.6. The third-order valence-electron chi connectivity index (χ3n) is 5.75. The standard InChI is InChI=1S/C32H27BrN2O5S/c33-25-11-7-10-23(18-25)19-28(31(37)35-29(32(38)39)21-41-20-22-8-3-1-4-9-22)34-30(36)24-14-16-27(17-15-24)40-26-12-5-2-6-13-26/h1-19,29H,20-21H2,(H,34,36)(H,35,37)(H,38,39). The Labute approximate surface area is 250 Å². The van der Waals surface area contributed by atoms with Gasteiger partial charge in [-0.15, -0.1) is 0 Å². The molecule has 4 rings (SSSR count). The predicted octanol–water partition coefficient (Wildman–Crippen LogP) is 6.52. The number of amides is 2. The Kier molecular flexibility index (Phi) is 10.8. The van der Waals surface area contributed by atoms with Crippen LogP contribution in [-0.2, 0) is 15.3 Å². The lowest BCUT2D eigenvalue weighted by atomic mass is 10.1. The van der Waals surface area contributed by atoms with Crippen LogP contribution in [0.15, 0.2) is 119 Å². The number of ether oxygens (including phenoxy) is 1. The zero-order chi connectivity index (χ0) is 29.0. The van der Waals surface area contributed by atoms with Gasteiger partial charge in [-0.3, -0.25) is 9.59 Å². The number of hydrogen-bond acceptors (Lipinski definition) is 5. The summed E-state index contributed by atoms with van der Waals surface area (Å²) < 4.78 is 6.56. The Hall–Kier alpha value is -4.34. The average molecular weight is 632 g/mol. The summed E-state index contributed by atoms with van der Waals surface area (Å²) in [6.07, 6.45) is 1.50. The van der Waals surface area contributed by atoms with Gasteiger partial charge in [-0.25, -0.2) is 4.79 Å². The first kappa shape index (κ1) is 29.6. The molecule has 0 fully saturated rings. The third kappa shape index (κ3) is 9.37. The number of hydrogen-bond donors (Lipinski definition) is 3. The van der Waals surface area contributed by atoms with Crippen LogP contribution in [0.5, 0.6) is 11.5 Å². The SMILES string of the molecule is O=C(NC(CSCc1ccccc1)C(=O)O)C(=Cc1cccc(Br)c1)NC(=O)c1ccc(Oc2ccccc2)cc1. The second-order valence-electron chi connectivity index (χ2n) is 8.87. The number of benzene rings is 4. The zero-order valence-corrected chi connectivity index (χ0v) is 24.2. The molecule has 9 heteroatoms. The van der Waals surface area contributed by atoms with Crippen molar-refractivity contribution in [2.75, 3.05) is 5.75 Å². The number of aliphatic carboxylic acids is 1. The van der Waals surface area contributed by atoms with E-state index in [-0.39, 0.29) is 11.4 Å².